The van der Waals surface area contributed by atoms with Crippen LogP contribution in [0.2, 0.25) is 5.02 Å². The third kappa shape index (κ3) is 3.60. The van der Waals surface area contributed by atoms with Gasteiger partial charge in [0.15, 0.2) is 0 Å². The summed E-state index contributed by atoms with van der Waals surface area (Å²) in [6.45, 7) is 1.64. The number of non-ortho nitro benzene ring substituents is 1. The van der Waals surface area contributed by atoms with E-state index in [9.17, 15) is 20.0 Å². The summed E-state index contributed by atoms with van der Waals surface area (Å²) >= 11 is 5.91. The molecule has 6 nitrogen and oxygen atoms in total. The molecule has 2 aromatic rings. The molecule has 2 N–H and O–H groups in total. The van der Waals surface area contributed by atoms with Gasteiger partial charge in [-0.3, -0.25) is 14.9 Å². The number of benzene rings is 2. The number of nitro benzene ring substituents is 1. The van der Waals surface area contributed by atoms with Gasteiger partial charge in [0.05, 0.1) is 21.6 Å². The molecule has 0 saturated heterocycles. The molecule has 2 rings (SSSR count). The fourth-order valence-electron chi connectivity index (χ4n) is 1.84. The van der Waals surface area contributed by atoms with E-state index in [1.807, 2.05) is 0 Å². The van der Waals surface area contributed by atoms with Gasteiger partial charge in [-0.25, -0.2) is 0 Å². The minimum Gasteiger partial charge on any atom is -0.389 e. The molecule has 0 aromatic heterocycles. The molecule has 0 saturated carbocycles. The van der Waals surface area contributed by atoms with Gasteiger partial charge >= 0.3 is 0 Å². The lowest BCUT2D eigenvalue weighted by molar-refractivity contribution is -0.384. The van der Waals surface area contributed by atoms with Crippen LogP contribution in [0.4, 0.5) is 11.4 Å². The molecular formula is C15H13ClN2O4. The number of anilines is 1. The quantitative estimate of drug-likeness (QED) is 0.665. The molecule has 0 fully saturated rings. The highest BCUT2D eigenvalue weighted by molar-refractivity contribution is 6.34. The van der Waals surface area contributed by atoms with E-state index in [4.69, 9.17) is 11.6 Å². The number of halogens is 1. The maximum Gasteiger partial charge on any atom is 0.270 e. The minimum atomic E-state index is -0.601. The van der Waals surface area contributed by atoms with Crippen LogP contribution in [0.15, 0.2) is 42.5 Å². The normalized spacial score (nSPS) is 11.8. The van der Waals surface area contributed by atoms with E-state index >= 15 is 0 Å². The number of carbonyl (C=O) groups excluding carboxylic acids is 1. The number of nitrogens with one attached hydrogen (secondary N) is 1. The lowest BCUT2D eigenvalue weighted by atomic mass is 10.1. The van der Waals surface area contributed by atoms with Gasteiger partial charge in [-0.1, -0.05) is 23.7 Å². The number of nitro groups is 1. The Morgan fingerprint density at radius 3 is 2.45 bits per heavy atom. The number of amides is 1. The molecule has 0 spiro atoms. The highest BCUT2D eigenvalue weighted by Crippen LogP contribution is 2.23. The molecule has 0 aliphatic heterocycles. The minimum absolute atomic E-state index is 0.0236. The van der Waals surface area contributed by atoms with Gasteiger partial charge < -0.3 is 10.4 Å². The molecule has 0 heterocycles. The van der Waals surface area contributed by atoms with E-state index in [-0.39, 0.29) is 16.3 Å². The lowest BCUT2D eigenvalue weighted by Crippen LogP contribution is -2.13. The van der Waals surface area contributed by atoms with E-state index in [1.54, 1.807) is 31.2 Å². The van der Waals surface area contributed by atoms with E-state index in [0.29, 0.717) is 11.3 Å². The monoisotopic (exact) mass is 320 g/mol. The summed E-state index contributed by atoms with van der Waals surface area (Å²) in [6.07, 6.45) is -0.601. The predicted molar refractivity (Wildman–Crippen MR) is 83.1 cm³/mol. The second-order valence-electron chi connectivity index (χ2n) is 4.67. The zero-order valence-electron chi connectivity index (χ0n) is 11.6. The van der Waals surface area contributed by atoms with Crippen molar-refractivity contribution in [3.05, 3.63) is 68.7 Å². The van der Waals surface area contributed by atoms with Crippen molar-refractivity contribution >= 4 is 28.9 Å². The maximum atomic E-state index is 12.2. The maximum absolute atomic E-state index is 12.2. The summed E-state index contributed by atoms with van der Waals surface area (Å²) in [5.74, 6) is -0.543. The van der Waals surface area contributed by atoms with Gasteiger partial charge in [-0.2, -0.15) is 0 Å². The molecule has 1 atom stereocenters. The molecule has 0 aliphatic rings. The Hall–Kier alpha value is -2.44. The second-order valence-corrected chi connectivity index (χ2v) is 5.08. The van der Waals surface area contributed by atoms with Gasteiger partial charge in [0.1, 0.15) is 0 Å². The number of aliphatic hydroxyl groups excluding tert-OH is 1. The van der Waals surface area contributed by atoms with Gasteiger partial charge in [-0.05, 0) is 30.7 Å². The Morgan fingerprint density at radius 2 is 1.91 bits per heavy atom. The van der Waals surface area contributed by atoms with Crippen LogP contribution in [0, 0.1) is 10.1 Å². The molecule has 0 radical (unpaired) electrons. The lowest BCUT2D eigenvalue weighted by Gasteiger charge is -2.09. The molecule has 1 amide bonds. The summed E-state index contributed by atoms with van der Waals surface area (Å²) < 4.78 is 0. The summed E-state index contributed by atoms with van der Waals surface area (Å²) in [6, 6.07) is 10.3. The number of hydrogen-bond acceptors (Lipinski definition) is 4. The Bertz CT molecular complexity index is 714. The molecule has 114 valence electrons. The van der Waals surface area contributed by atoms with Gasteiger partial charge in [-0.15, -0.1) is 0 Å². The van der Waals surface area contributed by atoms with E-state index in [2.05, 4.69) is 5.32 Å². The van der Waals surface area contributed by atoms with Crippen molar-refractivity contribution < 1.29 is 14.8 Å². The van der Waals surface area contributed by atoms with Crippen LogP contribution in [0.3, 0.4) is 0 Å². The first-order chi connectivity index (χ1) is 10.4. The van der Waals surface area contributed by atoms with Crippen molar-refractivity contribution in [1.29, 1.82) is 0 Å². The number of nitrogens with zero attached hydrogens (tertiary/aromatic N) is 1. The first-order valence-electron chi connectivity index (χ1n) is 6.42. The van der Waals surface area contributed by atoms with Gasteiger partial charge in [0, 0.05) is 17.8 Å². The van der Waals surface area contributed by atoms with Crippen LogP contribution in [-0.2, 0) is 0 Å². The Kier molecular flexibility index (Phi) is 4.75. The van der Waals surface area contributed by atoms with Crippen LogP contribution in [0.25, 0.3) is 0 Å². The van der Waals surface area contributed by atoms with Crippen LogP contribution in [-0.4, -0.2) is 15.9 Å². The average molecular weight is 321 g/mol. The van der Waals surface area contributed by atoms with Crippen LogP contribution < -0.4 is 5.32 Å². The smallest absolute Gasteiger partial charge is 0.270 e. The van der Waals surface area contributed by atoms with Gasteiger partial charge in [0.25, 0.3) is 11.6 Å². The number of carbonyl (C=O) groups is 1. The van der Waals surface area contributed by atoms with E-state index < -0.39 is 16.9 Å². The van der Waals surface area contributed by atoms with Crippen molar-refractivity contribution in [3.63, 3.8) is 0 Å². The van der Waals surface area contributed by atoms with Crippen molar-refractivity contribution in [2.75, 3.05) is 5.32 Å². The summed E-state index contributed by atoms with van der Waals surface area (Å²) in [4.78, 5) is 22.3. The van der Waals surface area contributed by atoms with Gasteiger partial charge in [0.2, 0.25) is 0 Å². The zero-order valence-corrected chi connectivity index (χ0v) is 12.4. The number of rotatable bonds is 4. The Morgan fingerprint density at radius 1 is 1.27 bits per heavy atom. The largest absolute Gasteiger partial charge is 0.389 e. The zero-order chi connectivity index (χ0) is 16.3. The summed E-state index contributed by atoms with van der Waals surface area (Å²) in [5.41, 5.74) is 1.03. The highest BCUT2D eigenvalue weighted by atomic mass is 35.5. The Labute approximate surface area is 131 Å². The second kappa shape index (κ2) is 6.55. The fraction of sp³-hybridized carbons (Fsp3) is 0.133. The molecule has 22 heavy (non-hydrogen) atoms. The molecule has 2 aromatic carbocycles. The molecule has 7 heteroatoms. The van der Waals surface area contributed by atoms with Crippen LogP contribution in [0.5, 0.6) is 0 Å². The average Bonchev–Trinajstić information content (AvgIpc) is 2.47. The molecule has 1 unspecified atom stereocenters. The first-order valence-corrected chi connectivity index (χ1v) is 6.79. The first kappa shape index (κ1) is 15.9. The standard InChI is InChI=1S/C15H13ClN2O4/c1-9(19)10-2-4-11(5-3-10)17-15(20)13-8-12(18(21)22)6-7-14(13)16/h2-9,19H,1H3,(H,17,20). The molecular weight excluding hydrogens is 308 g/mol. The van der Waals surface area contributed by atoms with Crippen molar-refractivity contribution in [1.82, 2.24) is 0 Å². The number of aliphatic hydroxyl groups is 1. The molecule has 0 aliphatic carbocycles. The summed E-state index contributed by atoms with van der Waals surface area (Å²) in [7, 11) is 0. The van der Waals surface area contributed by atoms with Crippen molar-refractivity contribution in [3.8, 4) is 0 Å². The predicted octanol–water partition coefficient (Wildman–Crippen LogP) is 3.55. The highest BCUT2D eigenvalue weighted by Gasteiger charge is 2.16. The Balaban J connectivity index is 2.21. The molecule has 0 bridgehead atoms. The number of hydrogen-bond donors (Lipinski definition) is 2. The third-order valence-corrected chi connectivity index (χ3v) is 3.39. The fourth-order valence-corrected chi connectivity index (χ4v) is 2.05. The summed E-state index contributed by atoms with van der Waals surface area (Å²) in [5, 5.41) is 22.9. The van der Waals surface area contributed by atoms with E-state index in [1.165, 1.54) is 12.1 Å². The van der Waals surface area contributed by atoms with E-state index in [0.717, 1.165) is 6.07 Å². The third-order valence-electron chi connectivity index (χ3n) is 3.06. The van der Waals surface area contributed by atoms with Crippen molar-refractivity contribution in [2.24, 2.45) is 0 Å². The van der Waals surface area contributed by atoms with Crippen LogP contribution in [0.1, 0.15) is 28.9 Å². The topological polar surface area (TPSA) is 92.5 Å². The van der Waals surface area contributed by atoms with Crippen molar-refractivity contribution in [2.45, 2.75) is 13.0 Å². The SMILES string of the molecule is CC(O)c1ccc(NC(=O)c2cc([N+](=O)[O-])ccc2Cl)cc1. The van der Waals surface area contributed by atoms with Crippen LogP contribution >= 0.6 is 11.6 Å².